The van der Waals surface area contributed by atoms with Crippen LogP contribution < -0.4 is 5.32 Å². The summed E-state index contributed by atoms with van der Waals surface area (Å²) >= 11 is 0. The van der Waals surface area contributed by atoms with E-state index in [1.54, 1.807) is 10.7 Å². The number of rotatable bonds is 5. The van der Waals surface area contributed by atoms with E-state index in [4.69, 9.17) is 9.84 Å². The van der Waals surface area contributed by atoms with Crippen molar-refractivity contribution >= 4 is 11.9 Å². The van der Waals surface area contributed by atoms with Crippen molar-refractivity contribution in [3.63, 3.8) is 0 Å². The van der Waals surface area contributed by atoms with E-state index < -0.39 is 6.09 Å². The van der Waals surface area contributed by atoms with Crippen LogP contribution in [-0.4, -0.2) is 27.6 Å². The number of hydrogen-bond acceptors (Lipinski definition) is 4. The van der Waals surface area contributed by atoms with Crippen molar-refractivity contribution in [2.24, 2.45) is 0 Å². The number of anilines is 1. The number of aromatic nitrogens is 2. The van der Waals surface area contributed by atoms with Gasteiger partial charge in [-0.3, -0.25) is 10.00 Å². The van der Waals surface area contributed by atoms with Crippen LogP contribution in [0.15, 0.2) is 36.4 Å². The van der Waals surface area contributed by atoms with Gasteiger partial charge in [-0.1, -0.05) is 30.3 Å². The summed E-state index contributed by atoms with van der Waals surface area (Å²) < 4.78 is 6.71. The number of nitrogens with zero attached hydrogens (tertiary/aromatic N) is 2. The van der Waals surface area contributed by atoms with Crippen molar-refractivity contribution in [1.29, 1.82) is 0 Å². The third-order valence-corrected chi connectivity index (χ3v) is 2.74. The van der Waals surface area contributed by atoms with Crippen LogP contribution in [0, 0.1) is 6.92 Å². The zero-order chi connectivity index (χ0) is 14.4. The highest BCUT2D eigenvalue weighted by molar-refractivity contribution is 5.83. The summed E-state index contributed by atoms with van der Waals surface area (Å²) in [4.78, 5) is 11.6. The molecule has 0 unspecified atom stereocenters. The molecule has 6 heteroatoms. The topological polar surface area (TPSA) is 76.4 Å². The van der Waals surface area contributed by atoms with Crippen molar-refractivity contribution in [1.82, 2.24) is 9.78 Å². The minimum atomic E-state index is -0.553. The number of aryl methyl sites for hydroxylation is 1. The number of carbonyl (C=O) groups is 1. The highest BCUT2D eigenvalue weighted by Gasteiger charge is 2.08. The maximum atomic E-state index is 11.6. The van der Waals surface area contributed by atoms with Crippen LogP contribution in [0.3, 0.4) is 0 Å². The summed E-state index contributed by atoms with van der Waals surface area (Å²) in [7, 11) is 0. The van der Waals surface area contributed by atoms with Crippen molar-refractivity contribution in [2.45, 2.75) is 20.1 Å². The maximum absolute atomic E-state index is 11.6. The number of carbonyl (C=O) groups excluding carboxylic acids is 1. The Morgan fingerprint density at radius 3 is 2.85 bits per heavy atom. The van der Waals surface area contributed by atoms with Gasteiger partial charge in [-0.15, -0.1) is 0 Å². The fourth-order valence-electron chi connectivity index (χ4n) is 1.76. The lowest BCUT2D eigenvalue weighted by Crippen LogP contribution is -2.14. The molecule has 2 N–H and O–H groups in total. The second kappa shape index (κ2) is 6.72. The molecule has 2 aromatic rings. The Balaban J connectivity index is 1.86. The molecule has 0 atom stereocenters. The Bertz CT molecular complexity index is 566. The molecule has 0 radical (unpaired) electrons. The van der Waals surface area contributed by atoms with E-state index in [1.165, 1.54) is 0 Å². The van der Waals surface area contributed by atoms with Gasteiger partial charge in [0.15, 0.2) is 5.82 Å². The number of aliphatic hydroxyl groups is 1. The lowest BCUT2D eigenvalue weighted by molar-refractivity contribution is 0.155. The van der Waals surface area contributed by atoms with E-state index in [9.17, 15) is 4.79 Å². The molecule has 0 aliphatic rings. The Kier molecular flexibility index (Phi) is 4.73. The van der Waals surface area contributed by atoms with Gasteiger partial charge in [0, 0.05) is 11.8 Å². The van der Waals surface area contributed by atoms with Gasteiger partial charge in [-0.05, 0) is 12.5 Å². The zero-order valence-electron chi connectivity index (χ0n) is 11.2. The first-order valence-corrected chi connectivity index (χ1v) is 6.32. The first-order chi connectivity index (χ1) is 9.69. The van der Waals surface area contributed by atoms with Gasteiger partial charge in [-0.2, -0.15) is 5.10 Å². The first kappa shape index (κ1) is 14.1. The molecule has 1 aromatic heterocycles. The third-order valence-electron chi connectivity index (χ3n) is 2.74. The average Bonchev–Trinajstić information content (AvgIpc) is 2.78. The molecule has 106 valence electrons. The number of aliphatic hydroxyl groups excluding tert-OH is 1. The monoisotopic (exact) mass is 275 g/mol. The van der Waals surface area contributed by atoms with Gasteiger partial charge in [0.2, 0.25) is 0 Å². The van der Waals surface area contributed by atoms with Crippen molar-refractivity contribution < 1.29 is 14.6 Å². The molecule has 20 heavy (non-hydrogen) atoms. The molecule has 0 saturated carbocycles. The molecule has 1 heterocycles. The van der Waals surface area contributed by atoms with Crippen molar-refractivity contribution in [2.75, 3.05) is 11.9 Å². The Hall–Kier alpha value is -2.34. The second-order valence-electron chi connectivity index (χ2n) is 4.30. The van der Waals surface area contributed by atoms with E-state index in [0.717, 1.165) is 11.3 Å². The van der Waals surface area contributed by atoms with Gasteiger partial charge in [0.05, 0.1) is 13.2 Å². The van der Waals surface area contributed by atoms with E-state index >= 15 is 0 Å². The SMILES string of the molecule is Cc1cc(NC(=O)OCc2ccccc2)nn1CCO. The molecule has 0 saturated heterocycles. The molecular formula is C14H17N3O3. The third kappa shape index (κ3) is 3.83. The number of amides is 1. The zero-order valence-corrected chi connectivity index (χ0v) is 11.2. The molecule has 1 amide bonds. The molecule has 2 rings (SSSR count). The highest BCUT2D eigenvalue weighted by atomic mass is 16.5. The van der Waals surface area contributed by atoms with E-state index in [1.807, 2.05) is 37.3 Å². The van der Waals surface area contributed by atoms with Gasteiger partial charge in [0.25, 0.3) is 0 Å². The Labute approximate surface area is 117 Å². The van der Waals surface area contributed by atoms with E-state index in [-0.39, 0.29) is 13.2 Å². The minimum absolute atomic E-state index is 0.000410. The van der Waals surface area contributed by atoms with Crippen LogP contribution in [-0.2, 0) is 17.9 Å². The molecular weight excluding hydrogens is 258 g/mol. The number of hydrogen-bond donors (Lipinski definition) is 2. The smallest absolute Gasteiger partial charge is 0.413 e. The largest absolute Gasteiger partial charge is 0.444 e. The normalized spacial score (nSPS) is 10.3. The lowest BCUT2D eigenvalue weighted by atomic mass is 10.2. The molecule has 1 aromatic carbocycles. The molecule has 6 nitrogen and oxygen atoms in total. The minimum Gasteiger partial charge on any atom is -0.444 e. The molecule has 0 aliphatic carbocycles. The standard InChI is InChI=1S/C14H17N3O3/c1-11-9-13(16-17(11)7-8-18)15-14(19)20-10-12-5-3-2-4-6-12/h2-6,9,18H,7-8,10H2,1H3,(H,15,16,19). The lowest BCUT2D eigenvalue weighted by Gasteiger charge is -2.05. The molecule has 0 fully saturated rings. The summed E-state index contributed by atoms with van der Waals surface area (Å²) in [6.07, 6.45) is -0.553. The van der Waals surface area contributed by atoms with Crippen molar-refractivity contribution in [3.05, 3.63) is 47.7 Å². The Morgan fingerprint density at radius 1 is 1.40 bits per heavy atom. The van der Waals surface area contributed by atoms with Gasteiger partial charge >= 0.3 is 6.09 Å². The van der Waals surface area contributed by atoms with Gasteiger partial charge in [0.1, 0.15) is 6.61 Å². The van der Waals surface area contributed by atoms with Gasteiger partial charge in [-0.25, -0.2) is 4.79 Å². The van der Waals surface area contributed by atoms with Crippen LogP contribution >= 0.6 is 0 Å². The van der Waals surface area contributed by atoms with Crippen LogP contribution in [0.1, 0.15) is 11.3 Å². The first-order valence-electron chi connectivity index (χ1n) is 6.32. The fourth-order valence-corrected chi connectivity index (χ4v) is 1.76. The van der Waals surface area contributed by atoms with Crippen LogP contribution in [0.5, 0.6) is 0 Å². The van der Waals surface area contributed by atoms with Crippen LogP contribution in [0.4, 0.5) is 10.6 Å². The Morgan fingerprint density at radius 2 is 2.15 bits per heavy atom. The van der Waals surface area contributed by atoms with Crippen LogP contribution in [0.2, 0.25) is 0 Å². The summed E-state index contributed by atoms with van der Waals surface area (Å²) in [6, 6.07) is 11.2. The number of nitrogens with one attached hydrogen (secondary N) is 1. The van der Waals surface area contributed by atoms with E-state index in [2.05, 4.69) is 10.4 Å². The quantitative estimate of drug-likeness (QED) is 0.874. The predicted octanol–water partition coefficient (Wildman–Crippen LogP) is 1.93. The molecule has 0 bridgehead atoms. The average molecular weight is 275 g/mol. The van der Waals surface area contributed by atoms with Crippen LogP contribution in [0.25, 0.3) is 0 Å². The predicted molar refractivity (Wildman–Crippen MR) is 74.3 cm³/mol. The second-order valence-corrected chi connectivity index (χ2v) is 4.30. The fraction of sp³-hybridized carbons (Fsp3) is 0.286. The highest BCUT2D eigenvalue weighted by Crippen LogP contribution is 2.09. The van der Waals surface area contributed by atoms with Gasteiger partial charge < -0.3 is 9.84 Å². The molecule has 0 aliphatic heterocycles. The summed E-state index contributed by atoms with van der Waals surface area (Å²) in [5, 5.41) is 15.6. The molecule has 0 spiro atoms. The maximum Gasteiger partial charge on any atom is 0.413 e. The van der Waals surface area contributed by atoms with E-state index in [0.29, 0.717) is 12.4 Å². The summed E-state index contributed by atoms with van der Waals surface area (Å²) in [5.41, 5.74) is 1.78. The van der Waals surface area contributed by atoms with Crippen molar-refractivity contribution in [3.8, 4) is 0 Å². The summed E-state index contributed by atoms with van der Waals surface area (Å²) in [5.74, 6) is 0.411. The number of benzene rings is 1. The number of ether oxygens (including phenoxy) is 1. The summed E-state index contributed by atoms with van der Waals surface area (Å²) in [6.45, 7) is 2.46.